The van der Waals surface area contributed by atoms with Crippen LogP contribution in [0.3, 0.4) is 0 Å². The van der Waals surface area contributed by atoms with E-state index in [1.54, 1.807) is 25.5 Å². The molecule has 1 heterocycles. The second-order valence-electron chi connectivity index (χ2n) is 6.81. The van der Waals surface area contributed by atoms with E-state index in [4.69, 9.17) is 4.74 Å². The summed E-state index contributed by atoms with van der Waals surface area (Å²) in [5, 5.41) is 10.0. The van der Waals surface area contributed by atoms with Crippen molar-refractivity contribution < 1.29 is 4.74 Å². The van der Waals surface area contributed by atoms with Gasteiger partial charge in [0.15, 0.2) is 5.96 Å². The van der Waals surface area contributed by atoms with Gasteiger partial charge in [-0.05, 0) is 31.6 Å². The lowest BCUT2D eigenvalue weighted by Crippen LogP contribution is -2.45. The Labute approximate surface area is 145 Å². The van der Waals surface area contributed by atoms with Crippen molar-refractivity contribution in [2.24, 2.45) is 10.4 Å². The molecule has 132 valence electrons. The molecule has 0 fully saturated rings. The Morgan fingerprint density at radius 1 is 1.35 bits per heavy atom. The van der Waals surface area contributed by atoms with Crippen LogP contribution in [0.1, 0.15) is 44.3 Å². The van der Waals surface area contributed by atoms with Crippen molar-refractivity contribution in [3.8, 4) is 0 Å². The molecule has 0 aliphatic rings. The van der Waals surface area contributed by atoms with Crippen LogP contribution in [0, 0.1) is 12.3 Å². The number of ether oxygens (including phenoxy) is 1. The third-order valence-electron chi connectivity index (χ3n) is 3.71. The molecule has 0 radical (unpaired) electrons. The number of hydrogen-bond acceptors (Lipinski definition) is 4. The van der Waals surface area contributed by atoms with Gasteiger partial charge in [0, 0.05) is 38.3 Å². The maximum Gasteiger partial charge on any atom is 0.191 e. The Bertz CT molecular complexity index is 479. The zero-order valence-corrected chi connectivity index (χ0v) is 16.2. The summed E-state index contributed by atoms with van der Waals surface area (Å²) < 4.78 is 5.55. The van der Waals surface area contributed by atoms with E-state index in [-0.39, 0.29) is 11.5 Å². The van der Waals surface area contributed by atoms with Crippen molar-refractivity contribution in [3.63, 3.8) is 0 Å². The summed E-state index contributed by atoms with van der Waals surface area (Å²) in [5.74, 6) is 0.835. The highest BCUT2D eigenvalue weighted by Crippen LogP contribution is 2.20. The molecule has 5 nitrogen and oxygen atoms in total. The summed E-state index contributed by atoms with van der Waals surface area (Å²) in [6, 6.07) is 0. The van der Waals surface area contributed by atoms with Crippen LogP contribution >= 0.6 is 11.3 Å². The standard InChI is InChI=1S/C17H32N4OS/c1-13-12-23-15(21-13)9-7-8-10-19-16(18-5)20-11-14(22-6)17(2,3)4/h12,14H,7-11H2,1-6H3,(H2,18,19,20). The zero-order chi connectivity index (χ0) is 17.3. The van der Waals surface area contributed by atoms with Gasteiger partial charge in [0.2, 0.25) is 0 Å². The summed E-state index contributed by atoms with van der Waals surface area (Å²) in [6.45, 7) is 10.2. The number of thiazole rings is 1. The molecule has 0 saturated carbocycles. The van der Waals surface area contributed by atoms with Gasteiger partial charge in [0.25, 0.3) is 0 Å². The second-order valence-corrected chi connectivity index (χ2v) is 7.75. The van der Waals surface area contributed by atoms with Gasteiger partial charge in [-0.15, -0.1) is 11.3 Å². The molecular weight excluding hydrogens is 308 g/mol. The summed E-state index contributed by atoms with van der Waals surface area (Å²) in [6.07, 6.45) is 3.45. The number of unbranched alkanes of at least 4 members (excludes halogenated alkanes) is 1. The number of aliphatic imine (C=N–C) groups is 1. The zero-order valence-electron chi connectivity index (χ0n) is 15.4. The maximum absolute atomic E-state index is 5.55. The van der Waals surface area contributed by atoms with Gasteiger partial charge in [-0.1, -0.05) is 20.8 Å². The first-order valence-corrected chi connectivity index (χ1v) is 9.13. The second kappa shape index (κ2) is 9.88. The minimum Gasteiger partial charge on any atom is -0.379 e. The van der Waals surface area contributed by atoms with Gasteiger partial charge in [-0.25, -0.2) is 4.98 Å². The molecule has 6 heteroatoms. The number of guanidine groups is 1. The highest BCUT2D eigenvalue weighted by Gasteiger charge is 2.24. The first-order valence-electron chi connectivity index (χ1n) is 8.25. The van der Waals surface area contributed by atoms with Crippen molar-refractivity contribution in [2.45, 2.75) is 53.1 Å². The van der Waals surface area contributed by atoms with Crippen LogP contribution in [0.5, 0.6) is 0 Å². The maximum atomic E-state index is 5.55. The fraction of sp³-hybridized carbons (Fsp3) is 0.765. The number of nitrogens with one attached hydrogen (secondary N) is 2. The number of aromatic nitrogens is 1. The van der Waals surface area contributed by atoms with E-state index in [0.29, 0.717) is 0 Å². The van der Waals surface area contributed by atoms with Crippen molar-refractivity contribution in [1.82, 2.24) is 15.6 Å². The topological polar surface area (TPSA) is 58.5 Å². The van der Waals surface area contributed by atoms with Crippen LogP contribution in [0.25, 0.3) is 0 Å². The van der Waals surface area contributed by atoms with E-state index in [9.17, 15) is 0 Å². The highest BCUT2D eigenvalue weighted by atomic mass is 32.1. The summed E-state index contributed by atoms with van der Waals surface area (Å²) in [7, 11) is 3.56. The largest absolute Gasteiger partial charge is 0.379 e. The van der Waals surface area contributed by atoms with Crippen LogP contribution in [0.2, 0.25) is 0 Å². The monoisotopic (exact) mass is 340 g/mol. The van der Waals surface area contributed by atoms with Gasteiger partial charge in [0.05, 0.1) is 11.1 Å². The van der Waals surface area contributed by atoms with Crippen LogP contribution < -0.4 is 10.6 Å². The van der Waals surface area contributed by atoms with E-state index < -0.39 is 0 Å². The van der Waals surface area contributed by atoms with Crippen LogP contribution in [0.4, 0.5) is 0 Å². The molecule has 0 spiro atoms. The summed E-state index contributed by atoms with van der Waals surface area (Å²) >= 11 is 1.75. The summed E-state index contributed by atoms with van der Waals surface area (Å²) in [5.41, 5.74) is 1.23. The van der Waals surface area contributed by atoms with E-state index in [2.05, 4.69) is 46.8 Å². The minimum atomic E-state index is 0.104. The fourth-order valence-electron chi connectivity index (χ4n) is 2.28. The predicted molar refractivity (Wildman–Crippen MR) is 99.4 cm³/mol. The molecule has 1 aromatic heterocycles. The smallest absolute Gasteiger partial charge is 0.191 e. The van der Waals surface area contributed by atoms with Gasteiger partial charge < -0.3 is 15.4 Å². The Morgan fingerprint density at radius 3 is 2.61 bits per heavy atom. The van der Waals surface area contributed by atoms with Crippen molar-refractivity contribution in [1.29, 1.82) is 0 Å². The number of aryl methyl sites for hydroxylation is 2. The molecule has 1 aromatic rings. The number of hydrogen-bond donors (Lipinski definition) is 2. The lowest BCUT2D eigenvalue weighted by molar-refractivity contribution is 0.0205. The van der Waals surface area contributed by atoms with Gasteiger partial charge >= 0.3 is 0 Å². The molecule has 0 aliphatic heterocycles. The molecule has 0 bridgehead atoms. The first-order chi connectivity index (χ1) is 10.9. The Balaban J connectivity index is 2.21. The molecule has 0 aliphatic carbocycles. The first kappa shape index (κ1) is 19.9. The van der Waals surface area contributed by atoms with Crippen LogP contribution in [0.15, 0.2) is 10.4 Å². The molecule has 0 saturated heterocycles. The number of nitrogens with zero attached hydrogens (tertiary/aromatic N) is 2. The molecule has 1 rings (SSSR count). The van der Waals surface area contributed by atoms with Gasteiger partial charge in [-0.3, -0.25) is 4.99 Å². The average molecular weight is 341 g/mol. The lowest BCUT2D eigenvalue weighted by atomic mass is 9.89. The molecule has 0 aromatic carbocycles. The SMILES string of the molecule is CN=C(NCCCCc1nc(C)cs1)NCC(OC)C(C)(C)C. The predicted octanol–water partition coefficient (Wildman–Crippen LogP) is 3.00. The molecule has 2 N–H and O–H groups in total. The Kier molecular flexibility index (Phi) is 8.55. The van der Waals surface area contributed by atoms with E-state index in [1.807, 2.05) is 6.92 Å². The quantitative estimate of drug-likeness (QED) is 0.434. The molecular formula is C17H32N4OS. The van der Waals surface area contributed by atoms with Crippen molar-refractivity contribution >= 4 is 17.3 Å². The number of methoxy groups -OCH3 is 1. The third-order valence-corrected chi connectivity index (χ3v) is 4.73. The van der Waals surface area contributed by atoms with Crippen molar-refractivity contribution in [3.05, 3.63) is 16.1 Å². The molecule has 1 atom stereocenters. The fourth-order valence-corrected chi connectivity index (χ4v) is 3.10. The number of rotatable bonds is 8. The molecule has 23 heavy (non-hydrogen) atoms. The van der Waals surface area contributed by atoms with E-state index >= 15 is 0 Å². The van der Waals surface area contributed by atoms with Gasteiger partial charge in [0.1, 0.15) is 0 Å². The molecule has 0 amide bonds. The summed E-state index contributed by atoms with van der Waals surface area (Å²) in [4.78, 5) is 8.75. The Hall–Kier alpha value is -1.14. The third kappa shape index (κ3) is 7.79. The average Bonchev–Trinajstić information content (AvgIpc) is 2.89. The van der Waals surface area contributed by atoms with Crippen LogP contribution in [-0.4, -0.2) is 44.3 Å². The minimum absolute atomic E-state index is 0.104. The lowest BCUT2D eigenvalue weighted by Gasteiger charge is -2.30. The van der Waals surface area contributed by atoms with Crippen molar-refractivity contribution in [2.75, 3.05) is 27.2 Å². The van der Waals surface area contributed by atoms with E-state index in [1.165, 1.54) is 5.01 Å². The van der Waals surface area contributed by atoms with E-state index in [0.717, 1.165) is 44.0 Å². The van der Waals surface area contributed by atoms with Gasteiger partial charge in [-0.2, -0.15) is 0 Å². The Morgan fingerprint density at radius 2 is 2.09 bits per heavy atom. The highest BCUT2D eigenvalue weighted by molar-refractivity contribution is 7.09. The molecule has 1 unspecified atom stereocenters. The van der Waals surface area contributed by atoms with Crippen LogP contribution in [-0.2, 0) is 11.2 Å². The normalized spacial score (nSPS) is 13.9.